The van der Waals surface area contributed by atoms with Crippen LogP contribution in [-0.2, 0) is 18.3 Å². The van der Waals surface area contributed by atoms with Gasteiger partial charge in [-0.25, -0.2) is 0 Å². The van der Waals surface area contributed by atoms with Crippen LogP contribution >= 0.6 is 0 Å². The lowest BCUT2D eigenvalue weighted by Crippen LogP contribution is -2.49. The van der Waals surface area contributed by atoms with E-state index in [1.165, 1.54) is 5.56 Å². The van der Waals surface area contributed by atoms with Crippen LogP contribution < -0.4 is 0 Å². The third-order valence-electron chi connectivity index (χ3n) is 7.59. The minimum Gasteiger partial charge on any atom is -0.342 e. The first-order valence-corrected chi connectivity index (χ1v) is 12.0. The largest absolute Gasteiger partial charge is 0.342 e. The normalized spacial score (nSPS) is 22.8. The van der Waals surface area contributed by atoms with Crippen LogP contribution in [0.4, 0.5) is 0 Å². The van der Waals surface area contributed by atoms with Gasteiger partial charge in [-0.1, -0.05) is 43.7 Å². The molecule has 6 nitrogen and oxygen atoms in total. The van der Waals surface area contributed by atoms with Crippen LogP contribution in [0.5, 0.6) is 0 Å². The second-order valence-electron chi connectivity index (χ2n) is 9.77. The van der Waals surface area contributed by atoms with E-state index < -0.39 is 0 Å². The van der Waals surface area contributed by atoms with Crippen molar-refractivity contribution in [2.45, 2.75) is 52.4 Å². The fourth-order valence-corrected chi connectivity index (χ4v) is 5.57. The molecule has 2 aliphatic rings. The van der Waals surface area contributed by atoms with Gasteiger partial charge in [-0.2, -0.15) is 5.10 Å². The number of carbonyl (C=O) groups is 2. The molecular weight excluding hydrogens is 400 g/mol. The molecule has 0 spiro atoms. The Hall–Kier alpha value is -2.63. The van der Waals surface area contributed by atoms with E-state index in [1.807, 2.05) is 31.1 Å². The van der Waals surface area contributed by atoms with Crippen LogP contribution in [0.2, 0.25) is 0 Å². The van der Waals surface area contributed by atoms with Crippen molar-refractivity contribution in [1.29, 1.82) is 0 Å². The summed E-state index contributed by atoms with van der Waals surface area (Å²) in [6.07, 6.45) is 7.62. The fourth-order valence-electron chi connectivity index (χ4n) is 5.57. The van der Waals surface area contributed by atoms with Gasteiger partial charge in [0.15, 0.2) is 0 Å². The quantitative estimate of drug-likeness (QED) is 0.716. The first-order valence-electron chi connectivity index (χ1n) is 12.0. The molecular formula is C26H36N4O2. The van der Waals surface area contributed by atoms with E-state index in [4.69, 9.17) is 0 Å². The maximum absolute atomic E-state index is 13.7. The number of hydrogen-bond donors (Lipinski definition) is 0. The first kappa shape index (κ1) is 22.6. The minimum absolute atomic E-state index is 0.0656. The van der Waals surface area contributed by atoms with Crippen LogP contribution in [0, 0.1) is 18.3 Å². The molecule has 2 aliphatic heterocycles. The summed E-state index contributed by atoms with van der Waals surface area (Å²) in [7, 11) is 1.85. The summed E-state index contributed by atoms with van der Waals surface area (Å²) in [4.78, 5) is 30.7. The van der Waals surface area contributed by atoms with E-state index in [2.05, 4.69) is 41.2 Å². The zero-order valence-electron chi connectivity index (χ0n) is 19.7. The molecule has 1 aromatic heterocycles. The smallest absolute Gasteiger partial charge is 0.257 e. The van der Waals surface area contributed by atoms with Gasteiger partial charge in [-0.15, -0.1) is 0 Å². The standard InChI is InChI=1S/C26H36N4O2/c1-20-23(19-28(3)27-20)24(31)29-17-12-22(13-18-29)26(2)14-7-8-15-30(25(26)32)16-11-21-9-5-4-6-10-21/h4-6,9-10,19,22H,7-8,11-18H2,1-3H3/t26-/m0/s1. The summed E-state index contributed by atoms with van der Waals surface area (Å²) in [6, 6.07) is 10.4. The van der Waals surface area contributed by atoms with Crippen molar-refractivity contribution in [3.05, 3.63) is 53.3 Å². The molecule has 0 N–H and O–H groups in total. The van der Waals surface area contributed by atoms with Gasteiger partial charge in [-0.05, 0) is 50.5 Å². The highest BCUT2D eigenvalue weighted by Gasteiger charge is 2.45. The number of hydrogen-bond acceptors (Lipinski definition) is 3. The van der Waals surface area contributed by atoms with E-state index in [0.29, 0.717) is 30.5 Å². The van der Waals surface area contributed by atoms with Crippen molar-refractivity contribution in [2.75, 3.05) is 26.2 Å². The Kier molecular flexibility index (Phi) is 6.68. The molecule has 1 aromatic carbocycles. The predicted octanol–water partition coefficient (Wildman–Crippen LogP) is 3.84. The van der Waals surface area contributed by atoms with Crippen molar-refractivity contribution in [2.24, 2.45) is 18.4 Å². The second-order valence-corrected chi connectivity index (χ2v) is 9.77. The number of aryl methyl sites for hydroxylation is 2. The molecule has 2 amide bonds. The number of benzene rings is 1. The minimum atomic E-state index is -0.327. The molecule has 2 saturated heterocycles. The van der Waals surface area contributed by atoms with E-state index in [0.717, 1.165) is 57.3 Å². The molecule has 0 bridgehead atoms. The van der Waals surface area contributed by atoms with Crippen LogP contribution in [-0.4, -0.2) is 57.6 Å². The number of piperidine rings is 1. The van der Waals surface area contributed by atoms with Gasteiger partial charge in [0.2, 0.25) is 5.91 Å². The Balaban J connectivity index is 1.40. The summed E-state index contributed by atoms with van der Waals surface area (Å²) >= 11 is 0. The lowest BCUT2D eigenvalue weighted by molar-refractivity contribution is -0.144. The molecule has 2 fully saturated rings. The monoisotopic (exact) mass is 436 g/mol. The van der Waals surface area contributed by atoms with Gasteiger partial charge >= 0.3 is 0 Å². The van der Waals surface area contributed by atoms with Crippen LogP contribution in [0.3, 0.4) is 0 Å². The average molecular weight is 437 g/mol. The topological polar surface area (TPSA) is 58.4 Å². The Labute approximate surface area is 191 Å². The Morgan fingerprint density at radius 1 is 1.12 bits per heavy atom. The fraction of sp³-hybridized carbons (Fsp3) is 0.577. The molecule has 6 heteroatoms. The van der Waals surface area contributed by atoms with Crippen LogP contribution in [0.25, 0.3) is 0 Å². The molecule has 32 heavy (non-hydrogen) atoms. The lowest BCUT2D eigenvalue weighted by Gasteiger charge is -2.43. The van der Waals surface area contributed by atoms with E-state index >= 15 is 0 Å². The predicted molar refractivity (Wildman–Crippen MR) is 125 cm³/mol. The number of rotatable bonds is 5. The van der Waals surface area contributed by atoms with Crippen molar-refractivity contribution in [3.63, 3.8) is 0 Å². The molecule has 0 aliphatic carbocycles. The zero-order chi connectivity index (χ0) is 22.7. The molecule has 3 heterocycles. The van der Waals surface area contributed by atoms with Crippen molar-refractivity contribution >= 4 is 11.8 Å². The SMILES string of the molecule is Cc1nn(C)cc1C(=O)N1CCC([C@]2(C)CCCCN(CCc3ccccc3)C2=O)CC1. The third kappa shape index (κ3) is 4.59. The number of amides is 2. The highest BCUT2D eigenvalue weighted by atomic mass is 16.2. The van der Waals surface area contributed by atoms with Crippen LogP contribution in [0.15, 0.2) is 36.5 Å². The maximum atomic E-state index is 13.7. The van der Waals surface area contributed by atoms with Crippen LogP contribution in [0.1, 0.15) is 60.6 Å². The highest BCUT2D eigenvalue weighted by Crippen LogP contribution is 2.42. The van der Waals surface area contributed by atoms with E-state index in [-0.39, 0.29) is 11.3 Å². The Morgan fingerprint density at radius 2 is 1.84 bits per heavy atom. The van der Waals surface area contributed by atoms with Crippen molar-refractivity contribution in [1.82, 2.24) is 19.6 Å². The second kappa shape index (κ2) is 9.47. The van der Waals surface area contributed by atoms with E-state index in [1.54, 1.807) is 4.68 Å². The number of carbonyl (C=O) groups excluding carboxylic acids is 2. The summed E-state index contributed by atoms with van der Waals surface area (Å²) in [5.74, 6) is 0.709. The summed E-state index contributed by atoms with van der Waals surface area (Å²) in [5.41, 5.74) is 2.42. The number of aromatic nitrogens is 2. The first-order chi connectivity index (χ1) is 15.4. The molecule has 1 atom stereocenters. The van der Waals surface area contributed by atoms with Gasteiger partial charge in [0, 0.05) is 44.8 Å². The number of nitrogens with zero attached hydrogens (tertiary/aromatic N) is 4. The van der Waals surface area contributed by atoms with Gasteiger partial charge in [0.05, 0.1) is 11.3 Å². The van der Waals surface area contributed by atoms with E-state index in [9.17, 15) is 9.59 Å². The lowest BCUT2D eigenvalue weighted by atomic mass is 9.69. The molecule has 4 rings (SSSR count). The van der Waals surface area contributed by atoms with Gasteiger partial charge < -0.3 is 9.80 Å². The highest BCUT2D eigenvalue weighted by molar-refractivity contribution is 5.95. The third-order valence-corrected chi connectivity index (χ3v) is 7.59. The number of likely N-dealkylation sites (tertiary alicyclic amines) is 2. The molecule has 2 aromatic rings. The zero-order valence-corrected chi connectivity index (χ0v) is 19.7. The van der Waals surface area contributed by atoms with Crippen molar-refractivity contribution < 1.29 is 9.59 Å². The summed E-state index contributed by atoms with van der Waals surface area (Å²) < 4.78 is 1.70. The Morgan fingerprint density at radius 3 is 2.50 bits per heavy atom. The summed E-state index contributed by atoms with van der Waals surface area (Å²) in [5, 5.41) is 4.31. The summed E-state index contributed by atoms with van der Waals surface area (Å²) in [6.45, 7) is 7.14. The maximum Gasteiger partial charge on any atom is 0.257 e. The van der Waals surface area contributed by atoms with Gasteiger partial charge in [0.1, 0.15) is 0 Å². The Bertz CT molecular complexity index is 946. The van der Waals surface area contributed by atoms with Gasteiger partial charge in [0.25, 0.3) is 5.91 Å². The molecule has 0 saturated carbocycles. The van der Waals surface area contributed by atoms with Gasteiger partial charge in [-0.3, -0.25) is 14.3 Å². The average Bonchev–Trinajstić information content (AvgIpc) is 3.08. The van der Waals surface area contributed by atoms with Crippen molar-refractivity contribution in [3.8, 4) is 0 Å². The molecule has 0 radical (unpaired) electrons. The molecule has 172 valence electrons. The molecule has 0 unspecified atom stereocenters.